The Bertz CT molecular complexity index is 825. The fraction of sp³-hybridized carbons (Fsp3) is 0.333. The number of esters is 1. The fourth-order valence-electron chi connectivity index (χ4n) is 2.75. The van der Waals surface area contributed by atoms with Gasteiger partial charge in [0.1, 0.15) is 6.04 Å². The summed E-state index contributed by atoms with van der Waals surface area (Å²) in [6.45, 7) is -1.02. The maximum atomic E-state index is 13.1. The Labute approximate surface area is 151 Å². The van der Waals surface area contributed by atoms with E-state index in [1.165, 1.54) is 0 Å². The summed E-state index contributed by atoms with van der Waals surface area (Å²) in [5, 5.41) is 5.05. The zero-order valence-electron chi connectivity index (χ0n) is 13.2. The molecule has 7 heteroatoms. The second kappa shape index (κ2) is 7.17. The summed E-state index contributed by atoms with van der Waals surface area (Å²) < 4.78 is 31.1. The minimum atomic E-state index is -2.92. The highest BCUT2D eigenvalue weighted by molar-refractivity contribution is 9.08. The first kappa shape index (κ1) is 17.9. The summed E-state index contributed by atoms with van der Waals surface area (Å²) in [4.78, 5) is 24.0. The number of nitrogens with one attached hydrogen (secondary N) is 1. The third-order valence-corrected chi connectivity index (χ3v) is 4.77. The molecule has 2 aromatic rings. The molecule has 1 atom stereocenters. The van der Waals surface area contributed by atoms with E-state index in [1.807, 2.05) is 24.3 Å². The Morgan fingerprint density at radius 3 is 2.60 bits per heavy atom. The van der Waals surface area contributed by atoms with E-state index >= 15 is 0 Å². The van der Waals surface area contributed by atoms with E-state index in [9.17, 15) is 18.4 Å². The monoisotopic (exact) mass is 411 g/mol. The van der Waals surface area contributed by atoms with Crippen LogP contribution in [-0.4, -0.2) is 36.9 Å². The summed E-state index contributed by atoms with van der Waals surface area (Å²) in [5.74, 6) is -4.11. The lowest BCUT2D eigenvalue weighted by Crippen LogP contribution is -2.33. The van der Waals surface area contributed by atoms with E-state index < -0.39 is 37.5 Å². The predicted octanol–water partition coefficient (Wildman–Crippen LogP) is 3.46. The average molecular weight is 412 g/mol. The largest absolute Gasteiger partial charge is 0.456 e. The van der Waals surface area contributed by atoms with Gasteiger partial charge >= 0.3 is 5.97 Å². The summed E-state index contributed by atoms with van der Waals surface area (Å²) in [6, 6.07) is 10.0. The fourth-order valence-corrected chi connectivity index (χ4v) is 3.10. The van der Waals surface area contributed by atoms with E-state index in [2.05, 4.69) is 21.2 Å². The molecule has 0 amide bonds. The molecule has 1 fully saturated rings. The van der Waals surface area contributed by atoms with Crippen LogP contribution in [-0.2, 0) is 14.9 Å². The number of fused-ring (bicyclic) bond motifs is 1. The molecule has 132 valence electrons. The lowest BCUT2D eigenvalue weighted by Gasteiger charge is -2.10. The van der Waals surface area contributed by atoms with E-state index in [0.717, 1.165) is 21.7 Å². The Hall–Kier alpha value is -1.86. The Morgan fingerprint density at radius 1 is 1.20 bits per heavy atom. The van der Waals surface area contributed by atoms with E-state index in [4.69, 9.17) is 4.74 Å². The topological polar surface area (TPSA) is 55.4 Å². The predicted molar refractivity (Wildman–Crippen MR) is 93.2 cm³/mol. The number of hydrogen-bond acceptors (Lipinski definition) is 4. The van der Waals surface area contributed by atoms with Gasteiger partial charge in [-0.15, -0.1) is 0 Å². The van der Waals surface area contributed by atoms with Crippen LogP contribution in [0.1, 0.15) is 22.3 Å². The summed E-state index contributed by atoms with van der Waals surface area (Å²) in [7, 11) is 0. The number of ether oxygens (including phenoxy) is 1. The maximum Gasteiger partial charge on any atom is 0.323 e. The molecule has 1 N–H and O–H groups in total. The quantitative estimate of drug-likeness (QED) is 0.465. The minimum absolute atomic E-state index is 0.371. The van der Waals surface area contributed by atoms with Crippen LogP contribution in [0, 0.1) is 0 Å². The van der Waals surface area contributed by atoms with Crippen molar-refractivity contribution in [2.24, 2.45) is 0 Å². The van der Waals surface area contributed by atoms with Crippen LogP contribution in [0.15, 0.2) is 36.4 Å². The van der Waals surface area contributed by atoms with Crippen molar-refractivity contribution in [1.29, 1.82) is 0 Å². The van der Waals surface area contributed by atoms with Crippen molar-refractivity contribution in [1.82, 2.24) is 5.32 Å². The number of Topliss-reactive ketones (excluding diaryl/α,β-unsaturated/α-hetero) is 1. The molecule has 0 aromatic heterocycles. The summed E-state index contributed by atoms with van der Waals surface area (Å²) in [5.41, 5.74) is 1.54. The molecule has 0 aliphatic carbocycles. The van der Waals surface area contributed by atoms with Gasteiger partial charge in [0.25, 0.3) is 5.92 Å². The van der Waals surface area contributed by atoms with Crippen LogP contribution in [0.25, 0.3) is 10.8 Å². The van der Waals surface area contributed by atoms with Crippen LogP contribution >= 0.6 is 15.9 Å². The van der Waals surface area contributed by atoms with E-state index in [1.54, 1.807) is 12.1 Å². The van der Waals surface area contributed by atoms with Crippen molar-refractivity contribution >= 4 is 38.5 Å². The summed E-state index contributed by atoms with van der Waals surface area (Å²) >= 11 is 3.40. The SMILES string of the molecule is O=C(COC(=O)[C@@H]1CC(F)(F)CN1)c1ccc2cc(CBr)ccc2c1. The van der Waals surface area contributed by atoms with E-state index in [-0.39, 0.29) is 5.78 Å². The summed E-state index contributed by atoms with van der Waals surface area (Å²) in [6.07, 6.45) is -0.605. The molecule has 3 rings (SSSR count). The molecule has 4 nitrogen and oxygen atoms in total. The smallest absolute Gasteiger partial charge is 0.323 e. The third kappa shape index (κ3) is 4.22. The van der Waals surface area contributed by atoms with Crippen LogP contribution in [0.2, 0.25) is 0 Å². The van der Waals surface area contributed by atoms with Crippen molar-refractivity contribution in [2.45, 2.75) is 23.7 Å². The van der Waals surface area contributed by atoms with Gasteiger partial charge in [0.15, 0.2) is 12.4 Å². The number of carbonyl (C=O) groups excluding carboxylic acids is 2. The Kier molecular flexibility index (Phi) is 5.15. The van der Waals surface area contributed by atoms with Gasteiger partial charge in [0, 0.05) is 17.3 Å². The van der Waals surface area contributed by atoms with Gasteiger partial charge in [-0.3, -0.25) is 14.9 Å². The molecular weight excluding hydrogens is 396 g/mol. The number of hydrogen-bond donors (Lipinski definition) is 1. The lowest BCUT2D eigenvalue weighted by molar-refractivity contribution is -0.145. The van der Waals surface area contributed by atoms with Crippen molar-refractivity contribution in [3.63, 3.8) is 0 Å². The van der Waals surface area contributed by atoms with Gasteiger partial charge in [0.05, 0.1) is 6.54 Å². The van der Waals surface area contributed by atoms with Crippen LogP contribution < -0.4 is 5.32 Å². The van der Waals surface area contributed by atoms with Crippen LogP contribution in [0.3, 0.4) is 0 Å². The minimum Gasteiger partial charge on any atom is -0.456 e. The number of halogens is 3. The second-order valence-electron chi connectivity index (χ2n) is 6.05. The van der Waals surface area contributed by atoms with Gasteiger partial charge in [-0.2, -0.15) is 0 Å². The highest BCUT2D eigenvalue weighted by atomic mass is 79.9. The number of ketones is 1. The maximum absolute atomic E-state index is 13.1. The average Bonchev–Trinajstić information content (AvgIpc) is 2.98. The van der Waals surface area contributed by atoms with Crippen molar-refractivity contribution in [3.8, 4) is 0 Å². The van der Waals surface area contributed by atoms with Crippen LogP contribution in [0.4, 0.5) is 8.78 Å². The highest BCUT2D eigenvalue weighted by Crippen LogP contribution is 2.25. The third-order valence-electron chi connectivity index (χ3n) is 4.12. The number of rotatable bonds is 5. The van der Waals surface area contributed by atoms with Crippen LogP contribution in [0.5, 0.6) is 0 Å². The molecular formula is C18H16BrF2NO3. The van der Waals surface area contributed by atoms with Crippen molar-refractivity contribution < 1.29 is 23.1 Å². The Morgan fingerprint density at radius 2 is 1.92 bits per heavy atom. The van der Waals surface area contributed by atoms with Gasteiger partial charge < -0.3 is 4.74 Å². The molecule has 2 aromatic carbocycles. The standard InChI is InChI=1S/C18H16BrF2NO3/c19-8-11-1-2-13-6-14(4-3-12(13)5-11)16(23)9-25-17(24)15-7-18(20,21)10-22-15/h1-6,15,22H,7-10H2/t15-/m0/s1. The first-order valence-corrected chi connectivity index (χ1v) is 8.90. The molecule has 0 bridgehead atoms. The van der Waals surface area contributed by atoms with Gasteiger partial charge in [-0.1, -0.05) is 46.3 Å². The molecule has 1 heterocycles. The molecule has 0 unspecified atom stereocenters. The molecule has 0 saturated carbocycles. The van der Waals surface area contributed by atoms with Gasteiger partial charge in [0.2, 0.25) is 0 Å². The van der Waals surface area contributed by atoms with E-state index in [0.29, 0.717) is 5.56 Å². The zero-order valence-corrected chi connectivity index (χ0v) is 14.8. The number of carbonyl (C=O) groups is 2. The van der Waals surface area contributed by atoms with Crippen molar-refractivity contribution in [2.75, 3.05) is 13.2 Å². The number of benzene rings is 2. The molecule has 25 heavy (non-hydrogen) atoms. The molecule has 0 radical (unpaired) electrons. The molecule has 1 saturated heterocycles. The van der Waals surface area contributed by atoms with Gasteiger partial charge in [-0.05, 0) is 22.4 Å². The zero-order chi connectivity index (χ0) is 18.0. The molecule has 0 spiro atoms. The second-order valence-corrected chi connectivity index (χ2v) is 6.62. The normalized spacial score (nSPS) is 19.1. The Balaban J connectivity index is 1.63. The molecule has 1 aliphatic heterocycles. The van der Waals surface area contributed by atoms with Crippen molar-refractivity contribution in [3.05, 3.63) is 47.5 Å². The lowest BCUT2D eigenvalue weighted by atomic mass is 10.0. The number of alkyl halides is 3. The first-order valence-electron chi connectivity index (χ1n) is 7.78. The highest BCUT2D eigenvalue weighted by Gasteiger charge is 2.43. The first-order chi connectivity index (χ1) is 11.9. The molecule has 1 aliphatic rings. The van der Waals surface area contributed by atoms with Gasteiger partial charge in [-0.25, -0.2) is 8.78 Å².